The summed E-state index contributed by atoms with van der Waals surface area (Å²) in [4.78, 5) is 40.9. The molecule has 2 amide bonds. The van der Waals surface area contributed by atoms with Crippen LogP contribution in [0.5, 0.6) is 0 Å². The number of rotatable bonds is 7. The highest BCUT2D eigenvalue weighted by molar-refractivity contribution is 5.96. The fourth-order valence-corrected chi connectivity index (χ4v) is 2.98. The summed E-state index contributed by atoms with van der Waals surface area (Å²) >= 11 is 0. The van der Waals surface area contributed by atoms with Crippen LogP contribution in [0.3, 0.4) is 0 Å². The van der Waals surface area contributed by atoms with E-state index >= 15 is 0 Å². The van der Waals surface area contributed by atoms with Gasteiger partial charge in [0.05, 0.1) is 11.5 Å². The molecule has 1 aliphatic rings. The maximum atomic E-state index is 12.1. The monoisotopic (exact) mass is 383 g/mol. The summed E-state index contributed by atoms with van der Waals surface area (Å²) in [5, 5.41) is 16.0. The minimum Gasteiger partial charge on any atom is -0.357 e. The molecule has 0 saturated carbocycles. The van der Waals surface area contributed by atoms with Crippen LogP contribution in [-0.4, -0.2) is 41.4 Å². The molecule has 0 bridgehead atoms. The lowest BCUT2D eigenvalue weighted by Crippen LogP contribution is -2.36. The zero-order chi connectivity index (χ0) is 19.9. The minimum absolute atomic E-state index is 0.131. The van der Waals surface area contributed by atoms with Gasteiger partial charge in [0.2, 0.25) is 5.91 Å². The first-order valence-corrected chi connectivity index (χ1v) is 9.02. The number of hydrogen-bond donors (Lipinski definition) is 2. The molecule has 0 aliphatic carbocycles. The Balaban J connectivity index is 1.48. The molecule has 9 nitrogen and oxygen atoms in total. The van der Waals surface area contributed by atoms with Gasteiger partial charge in [-0.1, -0.05) is 6.07 Å². The van der Waals surface area contributed by atoms with Gasteiger partial charge < -0.3 is 15.5 Å². The van der Waals surface area contributed by atoms with Gasteiger partial charge in [0, 0.05) is 43.5 Å². The van der Waals surface area contributed by atoms with Crippen LogP contribution >= 0.6 is 0 Å². The molecular formula is C19H21N5O4. The molecule has 0 radical (unpaired) electrons. The van der Waals surface area contributed by atoms with Crippen LogP contribution in [0.25, 0.3) is 0 Å². The van der Waals surface area contributed by atoms with Gasteiger partial charge in [0.15, 0.2) is 0 Å². The largest absolute Gasteiger partial charge is 0.357 e. The lowest BCUT2D eigenvalue weighted by molar-refractivity contribution is -0.384. The zero-order valence-corrected chi connectivity index (χ0v) is 15.3. The summed E-state index contributed by atoms with van der Waals surface area (Å²) in [7, 11) is 0. The van der Waals surface area contributed by atoms with Crippen LogP contribution in [0.2, 0.25) is 0 Å². The van der Waals surface area contributed by atoms with Gasteiger partial charge in [-0.2, -0.15) is 0 Å². The minimum atomic E-state index is -0.575. The number of non-ortho nitro benzene ring substituents is 1. The van der Waals surface area contributed by atoms with Gasteiger partial charge >= 0.3 is 0 Å². The van der Waals surface area contributed by atoms with Crippen molar-refractivity contribution in [3.63, 3.8) is 0 Å². The smallest absolute Gasteiger partial charge is 0.270 e. The molecule has 0 unspecified atom stereocenters. The van der Waals surface area contributed by atoms with Crippen LogP contribution in [0.1, 0.15) is 28.8 Å². The second-order valence-corrected chi connectivity index (χ2v) is 6.48. The van der Waals surface area contributed by atoms with Crippen molar-refractivity contribution in [2.24, 2.45) is 0 Å². The van der Waals surface area contributed by atoms with E-state index in [9.17, 15) is 19.7 Å². The Kier molecular flexibility index (Phi) is 6.15. The van der Waals surface area contributed by atoms with Gasteiger partial charge in [-0.15, -0.1) is 0 Å². The molecule has 1 aromatic heterocycles. The topological polar surface area (TPSA) is 117 Å². The second-order valence-electron chi connectivity index (χ2n) is 6.48. The number of carbonyl (C=O) groups excluding carboxylic acids is 2. The van der Waals surface area contributed by atoms with Gasteiger partial charge in [0.25, 0.3) is 11.6 Å². The van der Waals surface area contributed by atoms with E-state index < -0.39 is 10.8 Å². The van der Waals surface area contributed by atoms with Crippen molar-refractivity contribution < 1.29 is 14.5 Å². The molecule has 9 heteroatoms. The Morgan fingerprint density at radius 2 is 1.93 bits per heavy atom. The number of nitro benzene ring substituents is 1. The summed E-state index contributed by atoms with van der Waals surface area (Å²) in [5.74, 6) is 0.0145. The Bertz CT molecular complexity index is 880. The van der Waals surface area contributed by atoms with E-state index in [-0.39, 0.29) is 23.7 Å². The first-order valence-electron chi connectivity index (χ1n) is 9.02. The van der Waals surface area contributed by atoms with Crippen LogP contribution in [-0.2, 0) is 11.3 Å². The number of benzene rings is 1. The molecule has 2 N–H and O–H groups in total. The highest BCUT2D eigenvalue weighted by Gasteiger charge is 2.14. The fraction of sp³-hybridized carbons (Fsp3) is 0.316. The summed E-state index contributed by atoms with van der Waals surface area (Å²) in [6.07, 6.45) is 4.04. The molecule has 146 valence electrons. The SMILES string of the molecule is O=C(CNC(=O)c1cccc([N+](=O)[O-])c1)NCc1ccnc(N2CCCC2)c1. The standard InChI is InChI=1S/C19H21N5O4/c25-18(13-22-19(26)15-4-3-5-16(11-15)24(27)28)21-12-14-6-7-20-17(10-14)23-8-1-2-9-23/h3-7,10-11H,1-2,8-9,12-13H2,(H,21,25)(H,22,26). The Morgan fingerprint density at radius 3 is 2.68 bits per heavy atom. The Labute approximate surface area is 161 Å². The number of amides is 2. The lowest BCUT2D eigenvalue weighted by atomic mass is 10.2. The number of pyridine rings is 1. The number of anilines is 1. The van der Waals surface area contributed by atoms with Crippen molar-refractivity contribution >= 4 is 23.3 Å². The van der Waals surface area contributed by atoms with E-state index in [4.69, 9.17) is 0 Å². The fourth-order valence-electron chi connectivity index (χ4n) is 2.98. The number of hydrogen-bond acceptors (Lipinski definition) is 6. The molecule has 0 spiro atoms. The van der Waals surface area contributed by atoms with Gasteiger partial charge in [-0.05, 0) is 36.6 Å². The van der Waals surface area contributed by atoms with Crippen molar-refractivity contribution in [1.82, 2.24) is 15.6 Å². The third-order valence-electron chi connectivity index (χ3n) is 4.46. The number of nitrogens with zero attached hydrogens (tertiary/aromatic N) is 3. The quantitative estimate of drug-likeness (QED) is 0.554. The average Bonchev–Trinajstić information content (AvgIpc) is 3.25. The third kappa shape index (κ3) is 5.03. The molecule has 2 heterocycles. The predicted octanol–water partition coefficient (Wildman–Crippen LogP) is 1.64. The highest BCUT2D eigenvalue weighted by atomic mass is 16.6. The molecule has 0 atom stereocenters. The van der Waals surface area contributed by atoms with Crippen LogP contribution in [0.15, 0.2) is 42.6 Å². The second kappa shape index (κ2) is 8.94. The molecule has 1 aromatic carbocycles. The van der Waals surface area contributed by atoms with E-state index in [1.807, 2.05) is 12.1 Å². The van der Waals surface area contributed by atoms with Crippen LogP contribution in [0, 0.1) is 10.1 Å². The van der Waals surface area contributed by atoms with Crippen molar-refractivity contribution in [3.05, 3.63) is 63.8 Å². The van der Waals surface area contributed by atoms with Crippen LogP contribution in [0.4, 0.5) is 11.5 Å². The lowest BCUT2D eigenvalue weighted by Gasteiger charge is -2.17. The van der Waals surface area contributed by atoms with E-state index in [0.717, 1.165) is 37.3 Å². The number of nitrogens with one attached hydrogen (secondary N) is 2. The first-order chi connectivity index (χ1) is 13.5. The van der Waals surface area contributed by atoms with Crippen molar-refractivity contribution in [1.29, 1.82) is 0 Å². The number of carbonyl (C=O) groups is 2. The summed E-state index contributed by atoms with van der Waals surface area (Å²) in [6.45, 7) is 2.10. The predicted molar refractivity (Wildman–Crippen MR) is 103 cm³/mol. The number of aromatic nitrogens is 1. The van der Waals surface area contributed by atoms with Gasteiger partial charge in [0.1, 0.15) is 5.82 Å². The molecule has 2 aromatic rings. The summed E-state index contributed by atoms with van der Waals surface area (Å²) in [6, 6.07) is 9.14. The molecule has 3 rings (SSSR count). The third-order valence-corrected chi connectivity index (χ3v) is 4.46. The molecule has 1 aliphatic heterocycles. The van der Waals surface area contributed by atoms with Crippen molar-refractivity contribution in [3.8, 4) is 0 Å². The highest BCUT2D eigenvalue weighted by Crippen LogP contribution is 2.18. The Morgan fingerprint density at radius 1 is 1.14 bits per heavy atom. The number of nitro groups is 1. The molecule has 1 fully saturated rings. The van der Waals surface area contributed by atoms with Crippen LogP contribution < -0.4 is 15.5 Å². The van der Waals surface area contributed by atoms with E-state index in [1.54, 1.807) is 6.20 Å². The molecular weight excluding hydrogens is 362 g/mol. The van der Waals surface area contributed by atoms with Crippen molar-refractivity contribution in [2.45, 2.75) is 19.4 Å². The molecule has 1 saturated heterocycles. The van der Waals surface area contributed by atoms with Gasteiger partial charge in [-0.3, -0.25) is 19.7 Å². The van der Waals surface area contributed by atoms with Gasteiger partial charge in [-0.25, -0.2) is 4.98 Å². The van der Waals surface area contributed by atoms with E-state index in [0.29, 0.717) is 6.54 Å². The average molecular weight is 383 g/mol. The first kappa shape index (κ1) is 19.3. The van der Waals surface area contributed by atoms with E-state index in [1.165, 1.54) is 24.3 Å². The normalized spacial score (nSPS) is 13.2. The maximum Gasteiger partial charge on any atom is 0.270 e. The van der Waals surface area contributed by atoms with Crippen molar-refractivity contribution in [2.75, 3.05) is 24.5 Å². The Hall–Kier alpha value is -3.49. The zero-order valence-electron chi connectivity index (χ0n) is 15.3. The van der Waals surface area contributed by atoms with E-state index in [2.05, 4.69) is 20.5 Å². The summed E-state index contributed by atoms with van der Waals surface area (Å²) in [5.41, 5.74) is 0.880. The summed E-state index contributed by atoms with van der Waals surface area (Å²) < 4.78 is 0. The maximum absolute atomic E-state index is 12.1. The molecule has 28 heavy (non-hydrogen) atoms.